The first-order chi connectivity index (χ1) is 15.5. The number of hydrogen-bond donors (Lipinski definition) is 0. The molecule has 1 aliphatic rings. The van der Waals surface area contributed by atoms with Crippen LogP contribution in [0.1, 0.15) is 27.4 Å². The van der Waals surface area contributed by atoms with E-state index in [2.05, 4.69) is 36.1 Å². The van der Waals surface area contributed by atoms with Crippen molar-refractivity contribution in [3.05, 3.63) is 88.3 Å². The van der Waals surface area contributed by atoms with E-state index in [9.17, 15) is 4.79 Å². The van der Waals surface area contributed by atoms with Gasteiger partial charge in [0.15, 0.2) is 5.58 Å². The van der Waals surface area contributed by atoms with Crippen LogP contribution in [0.15, 0.2) is 65.1 Å². The minimum absolute atomic E-state index is 0.0421. The molecule has 0 radical (unpaired) electrons. The van der Waals surface area contributed by atoms with E-state index < -0.39 is 0 Å². The quantitative estimate of drug-likeness (QED) is 0.414. The number of aryl methyl sites for hydroxylation is 2. The van der Waals surface area contributed by atoms with Gasteiger partial charge in [-0.05, 0) is 43.2 Å². The van der Waals surface area contributed by atoms with Gasteiger partial charge < -0.3 is 18.8 Å². The van der Waals surface area contributed by atoms with Crippen LogP contribution in [0.25, 0.3) is 11.1 Å². The minimum Gasteiger partial charge on any atom is -0.460 e. The molecule has 0 aliphatic carbocycles. The van der Waals surface area contributed by atoms with E-state index >= 15 is 0 Å². The molecule has 0 N–H and O–H groups in total. The second-order valence-corrected chi connectivity index (χ2v) is 8.85. The zero-order chi connectivity index (χ0) is 22.2. The van der Waals surface area contributed by atoms with Crippen molar-refractivity contribution in [1.82, 2.24) is 9.47 Å². The lowest BCUT2D eigenvalue weighted by atomic mass is 10.1. The lowest BCUT2D eigenvalue weighted by Gasteiger charge is -2.37. The molecule has 32 heavy (non-hydrogen) atoms. The van der Waals surface area contributed by atoms with Gasteiger partial charge in [0, 0.05) is 55.6 Å². The number of para-hydroxylation sites is 1. The summed E-state index contributed by atoms with van der Waals surface area (Å²) in [5.74, 6) is 0.876. The fourth-order valence-corrected chi connectivity index (χ4v) is 4.77. The van der Waals surface area contributed by atoms with Gasteiger partial charge in [0.2, 0.25) is 0 Å². The van der Waals surface area contributed by atoms with E-state index in [0.717, 1.165) is 35.5 Å². The molecule has 1 aliphatic heterocycles. The lowest BCUT2D eigenvalue weighted by molar-refractivity contribution is 0.0737. The third kappa shape index (κ3) is 3.89. The Morgan fingerprint density at radius 1 is 0.969 bits per heavy atom. The number of nitrogens with zero attached hydrogens (tertiary/aromatic N) is 3. The van der Waals surface area contributed by atoms with Gasteiger partial charge in [-0.25, -0.2) is 0 Å². The third-order valence-electron chi connectivity index (χ3n) is 6.18. The van der Waals surface area contributed by atoms with E-state index in [0.29, 0.717) is 30.4 Å². The van der Waals surface area contributed by atoms with Crippen molar-refractivity contribution in [1.29, 1.82) is 0 Å². The van der Waals surface area contributed by atoms with Gasteiger partial charge in [-0.2, -0.15) is 0 Å². The molecular weight excluding hydrogens is 422 g/mol. The molecule has 0 saturated carbocycles. The van der Waals surface area contributed by atoms with Crippen LogP contribution in [0, 0.1) is 13.8 Å². The van der Waals surface area contributed by atoms with Gasteiger partial charge >= 0.3 is 0 Å². The Morgan fingerprint density at radius 2 is 1.75 bits per heavy atom. The molecule has 1 amide bonds. The highest BCUT2D eigenvalue weighted by molar-refractivity contribution is 6.30. The van der Waals surface area contributed by atoms with E-state index in [4.69, 9.17) is 16.0 Å². The molecule has 6 heteroatoms. The smallest absolute Gasteiger partial charge is 0.270 e. The van der Waals surface area contributed by atoms with Crippen LogP contribution >= 0.6 is 11.6 Å². The van der Waals surface area contributed by atoms with Crippen LogP contribution < -0.4 is 4.90 Å². The molecule has 0 atom stereocenters. The van der Waals surface area contributed by atoms with Crippen LogP contribution in [0.3, 0.4) is 0 Å². The summed E-state index contributed by atoms with van der Waals surface area (Å²) in [4.78, 5) is 17.9. The maximum absolute atomic E-state index is 13.6. The number of amides is 1. The number of piperazine rings is 1. The lowest BCUT2D eigenvalue weighted by Crippen LogP contribution is -2.49. The Bertz CT molecular complexity index is 1280. The normalized spacial score (nSPS) is 14.3. The Hall–Kier alpha value is -3.18. The first-order valence-corrected chi connectivity index (χ1v) is 11.3. The van der Waals surface area contributed by atoms with Gasteiger partial charge in [-0.3, -0.25) is 4.79 Å². The van der Waals surface area contributed by atoms with Crippen molar-refractivity contribution >= 4 is 34.3 Å². The molecule has 5 rings (SSSR count). The molecule has 1 fully saturated rings. The first kappa shape index (κ1) is 20.7. The highest BCUT2D eigenvalue weighted by Crippen LogP contribution is 2.27. The molecule has 164 valence electrons. The average molecular weight is 448 g/mol. The summed E-state index contributed by atoms with van der Waals surface area (Å²) in [7, 11) is 0. The van der Waals surface area contributed by atoms with E-state index in [1.807, 2.05) is 52.8 Å². The van der Waals surface area contributed by atoms with Crippen molar-refractivity contribution in [2.24, 2.45) is 0 Å². The molecule has 3 heterocycles. The number of halogens is 1. The Labute approximate surface area is 192 Å². The SMILES string of the molecule is Cc1cc2c(cc(C(=O)N3CCN(c4ccccc4C)CC3)n2Cc2cccc(Cl)c2)o1. The monoisotopic (exact) mass is 447 g/mol. The van der Waals surface area contributed by atoms with Crippen LogP contribution in [0.5, 0.6) is 0 Å². The van der Waals surface area contributed by atoms with Crippen molar-refractivity contribution in [2.45, 2.75) is 20.4 Å². The molecule has 0 spiro atoms. The van der Waals surface area contributed by atoms with Gasteiger partial charge in [0.25, 0.3) is 5.91 Å². The molecule has 1 saturated heterocycles. The molecule has 0 bridgehead atoms. The summed E-state index contributed by atoms with van der Waals surface area (Å²) in [6.07, 6.45) is 0. The average Bonchev–Trinajstić information content (AvgIpc) is 3.31. The van der Waals surface area contributed by atoms with Crippen molar-refractivity contribution in [3.63, 3.8) is 0 Å². The van der Waals surface area contributed by atoms with Crippen molar-refractivity contribution in [2.75, 3.05) is 31.1 Å². The standard InChI is InChI=1S/C26H26ClN3O2/c1-18-6-3-4-9-22(18)28-10-12-29(13-11-28)26(31)24-16-25-23(14-19(2)32-25)30(24)17-20-7-5-8-21(27)15-20/h3-9,14-16H,10-13,17H2,1-2H3. The van der Waals surface area contributed by atoms with Gasteiger partial charge in [-0.1, -0.05) is 41.9 Å². The first-order valence-electron chi connectivity index (χ1n) is 10.9. The molecule has 5 nitrogen and oxygen atoms in total. The third-order valence-corrected chi connectivity index (χ3v) is 6.42. The number of rotatable bonds is 4. The highest BCUT2D eigenvalue weighted by atomic mass is 35.5. The van der Waals surface area contributed by atoms with Crippen LogP contribution in [0.4, 0.5) is 5.69 Å². The van der Waals surface area contributed by atoms with Crippen molar-refractivity contribution in [3.8, 4) is 0 Å². The van der Waals surface area contributed by atoms with E-state index in [1.165, 1.54) is 11.3 Å². The number of aromatic nitrogens is 1. The summed E-state index contributed by atoms with van der Waals surface area (Å²) >= 11 is 6.20. The van der Waals surface area contributed by atoms with Crippen molar-refractivity contribution < 1.29 is 9.21 Å². The van der Waals surface area contributed by atoms with Gasteiger partial charge in [0.05, 0.1) is 5.52 Å². The zero-order valence-electron chi connectivity index (χ0n) is 18.3. The number of anilines is 1. The van der Waals surface area contributed by atoms with Gasteiger partial charge in [0.1, 0.15) is 11.5 Å². The number of fused-ring (bicyclic) bond motifs is 1. The summed E-state index contributed by atoms with van der Waals surface area (Å²) in [5, 5.41) is 0.689. The maximum atomic E-state index is 13.6. The predicted octanol–water partition coefficient (Wildman–Crippen LogP) is 5.52. The topological polar surface area (TPSA) is 41.6 Å². The Morgan fingerprint density at radius 3 is 2.50 bits per heavy atom. The summed E-state index contributed by atoms with van der Waals surface area (Å²) in [5.41, 5.74) is 5.89. The minimum atomic E-state index is 0.0421. The fourth-order valence-electron chi connectivity index (χ4n) is 4.56. The number of furan rings is 1. The van der Waals surface area contributed by atoms with Gasteiger partial charge in [-0.15, -0.1) is 0 Å². The number of carbonyl (C=O) groups excluding carboxylic acids is 1. The molecule has 4 aromatic rings. The molecular formula is C26H26ClN3O2. The molecule has 2 aromatic heterocycles. The second kappa shape index (κ2) is 8.40. The largest absolute Gasteiger partial charge is 0.460 e. The molecule has 0 unspecified atom stereocenters. The Balaban J connectivity index is 1.40. The molecule has 2 aromatic carbocycles. The highest BCUT2D eigenvalue weighted by Gasteiger charge is 2.27. The number of hydrogen-bond acceptors (Lipinski definition) is 3. The summed E-state index contributed by atoms with van der Waals surface area (Å²) in [6, 6.07) is 20.0. The number of carbonyl (C=O) groups is 1. The van der Waals surface area contributed by atoms with E-state index in [1.54, 1.807) is 0 Å². The predicted molar refractivity (Wildman–Crippen MR) is 129 cm³/mol. The van der Waals surface area contributed by atoms with Crippen LogP contribution in [0.2, 0.25) is 5.02 Å². The fraction of sp³-hybridized carbons (Fsp3) is 0.269. The van der Waals surface area contributed by atoms with Crippen LogP contribution in [-0.4, -0.2) is 41.6 Å². The zero-order valence-corrected chi connectivity index (χ0v) is 19.1. The van der Waals surface area contributed by atoms with Crippen LogP contribution in [-0.2, 0) is 6.54 Å². The summed E-state index contributed by atoms with van der Waals surface area (Å²) in [6.45, 7) is 7.64. The Kier molecular flexibility index (Phi) is 5.43. The van der Waals surface area contributed by atoms with E-state index in [-0.39, 0.29) is 5.91 Å². The number of benzene rings is 2. The second-order valence-electron chi connectivity index (χ2n) is 8.42. The summed E-state index contributed by atoms with van der Waals surface area (Å²) < 4.78 is 7.90. The maximum Gasteiger partial charge on any atom is 0.270 e.